The molecule has 0 amide bonds. The van der Waals surface area contributed by atoms with Gasteiger partial charge in [0.15, 0.2) is 16.8 Å². The lowest BCUT2D eigenvalue weighted by atomic mass is 9.87. The van der Waals surface area contributed by atoms with Crippen molar-refractivity contribution >= 4 is 23.2 Å². The van der Waals surface area contributed by atoms with Gasteiger partial charge in [-0.25, -0.2) is 0 Å². The van der Waals surface area contributed by atoms with Crippen LogP contribution < -0.4 is 4.74 Å². The Kier molecular flexibility index (Phi) is 7.21. The van der Waals surface area contributed by atoms with Crippen molar-refractivity contribution < 1.29 is 14.5 Å². The van der Waals surface area contributed by atoms with E-state index in [2.05, 4.69) is 43.1 Å². The van der Waals surface area contributed by atoms with E-state index in [1.807, 2.05) is 41.0 Å². The van der Waals surface area contributed by atoms with Crippen LogP contribution >= 0.6 is 11.8 Å². The Morgan fingerprint density at radius 2 is 1.61 bits per heavy atom. The zero-order chi connectivity index (χ0) is 25.9. The van der Waals surface area contributed by atoms with Crippen molar-refractivity contribution in [2.24, 2.45) is 0 Å². The summed E-state index contributed by atoms with van der Waals surface area (Å²) in [6.45, 7) is 6.50. The predicted octanol–water partition coefficient (Wildman–Crippen LogP) is 6.12. The maximum Gasteiger partial charge on any atom is 0.269 e. The van der Waals surface area contributed by atoms with Gasteiger partial charge in [-0.1, -0.05) is 56.8 Å². The van der Waals surface area contributed by atoms with E-state index < -0.39 is 4.92 Å². The van der Waals surface area contributed by atoms with E-state index in [0.717, 1.165) is 17.0 Å². The fraction of sp³-hybridized carbons (Fsp3) is 0.222. The summed E-state index contributed by atoms with van der Waals surface area (Å²) in [7, 11) is 1.61. The van der Waals surface area contributed by atoms with E-state index in [1.165, 1.54) is 41.6 Å². The molecular formula is C27H26N4O4S. The number of nitro groups is 1. The fourth-order valence-electron chi connectivity index (χ4n) is 3.62. The molecule has 0 saturated carbocycles. The normalized spacial score (nSPS) is 11.3. The van der Waals surface area contributed by atoms with Crippen LogP contribution in [0.5, 0.6) is 5.75 Å². The van der Waals surface area contributed by atoms with E-state index in [-0.39, 0.29) is 22.6 Å². The van der Waals surface area contributed by atoms with Crippen molar-refractivity contribution in [1.29, 1.82) is 0 Å². The molecule has 0 spiro atoms. The highest BCUT2D eigenvalue weighted by Crippen LogP contribution is 2.31. The number of hydrogen-bond acceptors (Lipinski definition) is 7. The van der Waals surface area contributed by atoms with E-state index in [0.29, 0.717) is 16.5 Å². The second-order valence-corrected chi connectivity index (χ2v) is 10.1. The molecule has 0 unspecified atom stereocenters. The Morgan fingerprint density at radius 1 is 0.972 bits per heavy atom. The smallest absolute Gasteiger partial charge is 0.269 e. The lowest BCUT2D eigenvalue weighted by molar-refractivity contribution is -0.384. The van der Waals surface area contributed by atoms with Crippen LogP contribution in [0.25, 0.3) is 17.1 Å². The summed E-state index contributed by atoms with van der Waals surface area (Å²) in [6, 6.07) is 21.4. The molecular weight excluding hydrogens is 476 g/mol. The number of carbonyl (C=O) groups excluding carboxylic acids is 1. The highest BCUT2D eigenvalue weighted by Gasteiger charge is 2.20. The molecule has 9 heteroatoms. The van der Waals surface area contributed by atoms with Gasteiger partial charge < -0.3 is 4.74 Å². The predicted molar refractivity (Wildman–Crippen MR) is 140 cm³/mol. The number of aromatic nitrogens is 3. The molecule has 3 aromatic carbocycles. The minimum Gasteiger partial charge on any atom is -0.497 e. The van der Waals surface area contributed by atoms with Crippen molar-refractivity contribution in [3.8, 4) is 22.8 Å². The molecule has 0 bridgehead atoms. The fourth-order valence-corrected chi connectivity index (χ4v) is 4.46. The zero-order valence-electron chi connectivity index (χ0n) is 20.5. The van der Waals surface area contributed by atoms with E-state index >= 15 is 0 Å². The second kappa shape index (κ2) is 10.3. The van der Waals surface area contributed by atoms with Crippen molar-refractivity contribution in [3.05, 3.63) is 94.0 Å². The number of carbonyl (C=O) groups is 1. The summed E-state index contributed by atoms with van der Waals surface area (Å²) in [4.78, 5) is 23.2. The quantitative estimate of drug-likeness (QED) is 0.124. The molecule has 1 heterocycles. The van der Waals surface area contributed by atoms with Crippen molar-refractivity contribution in [1.82, 2.24) is 14.8 Å². The monoisotopic (exact) mass is 502 g/mol. The van der Waals surface area contributed by atoms with Gasteiger partial charge in [-0.05, 0) is 47.4 Å². The van der Waals surface area contributed by atoms with Crippen LogP contribution in [0.15, 0.2) is 78.0 Å². The second-order valence-electron chi connectivity index (χ2n) is 9.18. The Morgan fingerprint density at radius 3 is 2.17 bits per heavy atom. The molecule has 0 aliphatic carbocycles. The molecule has 4 rings (SSSR count). The van der Waals surface area contributed by atoms with Crippen molar-refractivity contribution in [3.63, 3.8) is 0 Å². The van der Waals surface area contributed by atoms with Gasteiger partial charge in [0.1, 0.15) is 5.75 Å². The van der Waals surface area contributed by atoms with Gasteiger partial charge in [0, 0.05) is 28.9 Å². The third kappa shape index (κ3) is 5.46. The van der Waals surface area contributed by atoms with Gasteiger partial charge in [0.2, 0.25) is 0 Å². The van der Waals surface area contributed by atoms with Gasteiger partial charge >= 0.3 is 0 Å². The molecule has 184 valence electrons. The van der Waals surface area contributed by atoms with E-state index in [4.69, 9.17) is 4.74 Å². The molecule has 4 aromatic rings. The molecule has 0 atom stereocenters. The van der Waals surface area contributed by atoms with Gasteiger partial charge in [0.05, 0.1) is 17.8 Å². The molecule has 0 aliphatic heterocycles. The Hall–Kier alpha value is -3.98. The summed E-state index contributed by atoms with van der Waals surface area (Å²) in [5.74, 6) is 1.33. The number of ether oxygens (including phenoxy) is 1. The molecule has 8 nitrogen and oxygen atoms in total. The minimum absolute atomic E-state index is 0.0292. The van der Waals surface area contributed by atoms with Gasteiger partial charge in [-0.15, -0.1) is 10.2 Å². The van der Waals surface area contributed by atoms with E-state index in [9.17, 15) is 14.9 Å². The lowest BCUT2D eigenvalue weighted by Crippen LogP contribution is -2.10. The summed E-state index contributed by atoms with van der Waals surface area (Å²) < 4.78 is 7.21. The van der Waals surface area contributed by atoms with Crippen LogP contribution in [0.2, 0.25) is 0 Å². The number of benzene rings is 3. The Labute approximate surface area is 213 Å². The summed E-state index contributed by atoms with van der Waals surface area (Å²) in [5.41, 5.74) is 3.33. The maximum atomic E-state index is 12.8. The van der Waals surface area contributed by atoms with Crippen LogP contribution in [0.4, 0.5) is 5.69 Å². The van der Waals surface area contributed by atoms with Crippen LogP contribution in [0.3, 0.4) is 0 Å². The van der Waals surface area contributed by atoms with Crippen LogP contribution in [0.1, 0.15) is 36.7 Å². The molecule has 0 fully saturated rings. The van der Waals surface area contributed by atoms with Gasteiger partial charge in [-0.3, -0.25) is 19.5 Å². The van der Waals surface area contributed by atoms with E-state index in [1.54, 1.807) is 7.11 Å². The number of non-ortho nitro benzene ring substituents is 1. The summed E-state index contributed by atoms with van der Waals surface area (Å²) in [6.07, 6.45) is 0. The van der Waals surface area contributed by atoms with Crippen molar-refractivity contribution in [2.75, 3.05) is 12.9 Å². The SMILES string of the molecule is COc1ccc(-n2c(SCC(=O)c3ccc([N+](=O)[O-])cc3)nnc2-c2ccc(C(C)(C)C)cc2)cc1. The van der Waals surface area contributed by atoms with Crippen LogP contribution in [-0.2, 0) is 5.41 Å². The lowest BCUT2D eigenvalue weighted by Gasteiger charge is -2.19. The first-order chi connectivity index (χ1) is 17.2. The molecule has 0 N–H and O–H groups in total. The average Bonchev–Trinajstić information content (AvgIpc) is 3.31. The summed E-state index contributed by atoms with van der Waals surface area (Å²) >= 11 is 1.26. The number of rotatable bonds is 8. The topological polar surface area (TPSA) is 100 Å². The van der Waals surface area contributed by atoms with Crippen LogP contribution in [0, 0.1) is 10.1 Å². The standard InChI is InChI=1S/C27H26N4O4S/c1-27(2,3)20-9-5-19(6-10-20)25-28-29-26(30(25)21-13-15-23(35-4)16-14-21)36-17-24(32)18-7-11-22(12-8-18)31(33)34/h5-16H,17H2,1-4H3. The average molecular weight is 503 g/mol. The number of nitro benzene ring substituents is 1. The third-order valence-electron chi connectivity index (χ3n) is 5.71. The summed E-state index contributed by atoms with van der Waals surface area (Å²) in [5, 5.41) is 20.3. The number of nitrogens with zero attached hydrogens (tertiary/aromatic N) is 4. The third-order valence-corrected chi connectivity index (χ3v) is 6.63. The Balaban J connectivity index is 1.65. The molecule has 36 heavy (non-hydrogen) atoms. The Bertz CT molecular complexity index is 1370. The van der Waals surface area contributed by atoms with Gasteiger partial charge in [-0.2, -0.15) is 0 Å². The first-order valence-electron chi connectivity index (χ1n) is 11.3. The molecule has 1 aromatic heterocycles. The number of ketones is 1. The van der Waals surface area contributed by atoms with Gasteiger partial charge in [0.25, 0.3) is 5.69 Å². The maximum absolute atomic E-state index is 12.8. The number of methoxy groups -OCH3 is 1. The highest BCUT2D eigenvalue weighted by atomic mass is 32.2. The highest BCUT2D eigenvalue weighted by molar-refractivity contribution is 7.99. The van der Waals surface area contributed by atoms with Crippen LogP contribution in [-0.4, -0.2) is 38.3 Å². The first-order valence-corrected chi connectivity index (χ1v) is 12.3. The first kappa shape index (κ1) is 25.1. The zero-order valence-corrected chi connectivity index (χ0v) is 21.3. The minimum atomic E-state index is -0.490. The number of Topliss-reactive ketones (excluding diaryl/α,β-unsaturated/α-hetero) is 1. The largest absolute Gasteiger partial charge is 0.497 e. The molecule has 0 aliphatic rings. The molecule has 0 saturated heterocycles. The van der Waals surface area contributed by atoms with Crippen molar-refractivity contribution in [2.45, 2.75) is 31.3 Å². The molecule has 0 radical (unpaired) electrons. The number of hydrogen-bond donors (Lipinski definition) is 0. The number of thioether (sulfide) groups is 1.